The quantitative estimate of drug-likeness (QED) is 0.732. The molecule has 2 aliphatic rings. The standard InChI is InChI=1S/C23H28N2O4S/c1-23-10-11-24(2)20(13-16-6-7-17(26)14-19(16)23)22(23)25(3)21(27)12-15-4-8-18(9-5-15)30(28)29/h4-9,14,20,22,26H,10-13H2,1-3H3,(H,28,29). The number of rotatable bonds is 4. The molecule has 0 radical (unpaired) electrons. The SMILES string of the molecule is CN1CCC2(C)c3cc(O)ccc3CC1C2N(C)C(=O)Cc1ccc(S(=O)O)cc1. The minimum Gasteiger partial charge on any atom is -0.508 e. The number of phenolic OH excluding ortho intramolecular Hbond substituents is 1. The lowest BCUT2D eigenvalue weighted by Gasteiger charge is -2.57. The fraction of sp³-hybridized carbons (Fsp3) is 0.435. The molecule has 7 heteroatoms. The van der Waals surface area contributed by atoms with Gasteiger partial charge in [0.15, 0.2) is 11.1 Å². The molecule has 1 amide bonds. The number of likely N-dealkylation sites (N-methyl/N-ethyl adjacent to an activating group) is 2. The highest BCUT2D eigenvalue weighted by Gasteiger charge is 2.52. The third-order valence-electron chi connectivity index (χ3n) is 7.00. The second-order valence-corrected chi connectivity index (χ2v) is 9.75. The summed E-state index contributed by atoms with van der Waals surface area (Å²) in [6.07, 6.45) is 2.00. The smallest absolute Gasteiger partial charge is 0.227 e. The number of benzene rings is 2. The average Bonchev–Trinajstić information content (AvgIpc) is 2.71. The number of piperidine rings is 1. The molecule has 1 heterocycles. The lowest BCUT2D eigenvalue weighted by molar-refractivity contribution is -0.136. The van der Waals surface area contributed by atoms with E-state index in [1.54, 1.807) is 30.3 Å². The lowest BCUT2D eigenvalue weighted by atomic mass is 9.61. The molecule has 2 aromatic carbocycles. The Morgan fingerprint density at radius 1 is 1.27 bits per heavy atom. The average molecular weight is 429 g/mol. The van der Waals surface area contributed by atoms with Crippen LogP contribution in [0, 0.1) is 0 Å². The van der Waals surface area contributed by atoms with E-state index in [1.165, 1.54) is 5.56 Å². The molecule has 4 atom stereocenters. The Morgan fingerprint density at radius 2 is 1.97 bits per heavy atom. The largest absolute Gasteiger partial charge is 0.508 e. The van der Waals surface area contributed by atoms with Gasteiger partial charge in [-0.05, 0) is 67.4 Å². The van der Waals surface area contributed by atoms with E-state index in [2.05, 4.69) is 18.9 Å². The predicted molar refractivity (Wildman–Crippen MR) is 116 cm³/mol. The summed E-state index contributed by atoms with van der Waals surface area (Å²) in [6.45, 7) is 3.17. The van der Waals surface area contributed by atoms with Gasteiger partial charge in [-0.2, -0.15) is 0 Å². The summed E-state index contributed by atoms with van der Waals surface area (Å²) in [5.41, 5.74) is 2.98. The van der Waals surface area contributed by atoms with Gasteiger partial charge in [0.1, 0.15) is 5.75 Å². The van der Waals surface area contributed by atoms with E-state index in [-0.39, 0.29) is 35.6 Å². The van der Waals surface area contributed by atoms with Gasteiger partial charge in [0.05, 0.1) is 17.4 Å². The monoisotopic (exact) mass is 428 g/mol. The Hall–Kier alpha value is -2.22. The zero-order valence-corrected chi connectivity index (χ0v) is 18.4. The van der Waals surface area contributed by atoms with E-state index in [4.69, 9.17) is 0 Å². The molecular weight excluding hydrogens is 400 g/mol. The number of amides is 1. The summed E-state index contributed by atoms with van der Waals surface area (Å²) < 4.78 is 20.3. The number of likely N-dealkylation sites (tertiary alicyclic amines) is 1. The molecule has 1 fully saturated rings. The van der Waals surface area contributed by atoms with Crippen LogP contribution >= 0.6 is 0 Å². The van der Waals surface area contributed by atoms with Crippen LogP contribution in [0.4, 0.5) is 0 Å². The fourth-order valence-electron chi connectivity index (χ4n) is 5.31. The van der Waals surface area contributed by atoms with E-state index in [1.807, 2.05) is 24.1 Å². The molecule has 0 saturated carbocycles. The number of nitrogens with zero attached hydrogens (tertiary/aromatic N) is 2. The van der Waals surface area contributed by atoms with Crippen LogP contribution in [0.2, 0.25) is 0 Å². The van der Waals surface area contributed by atoms with E-state index >= 15 is 0 Å². The van der Waals surface area contributed by atoms with E-state index in [0.29, 0.717) is 4.90 Å². The lowest BCUT2D eigenvalue weighted by Crippen LogP contribution is -2.67. The van der Waals surface area contributed by atoms with Crippen molar-refractivity contribution in [2.24, 2.45) is 0 Å². The molecule has 1 saturated heterocycles. The van der Waals surface area contributed by atoms with Crippen molar-refractivity contribution in [1.29, 1.82) is 0 Å². The van der Waals surface area contributed by atoms with Gasteiger partial charge in [0.2, 0.25) is 5.91 Å². The number of carbonyl (C=O) groups is 1. The highest BCUT2D eigenvalue weighted by molar-refractivity contribution is 7.79. The molecule has 6 nitrogen and oxygen atoms in total. The molecule has 0 spiro atoms. The Morgan fingerprint density at radius 3 is 2.63 bits per heavy atom. The van der Waals surface area contributed by atoms with Crippen LogP contribution in [-0.4, -0.2) is 62.3 Å². The van der Waals surface area contributed by atoms with E-state index in [0.717, 1.165) is 30.5 Å². The first-order valence-electron chi connectivity index (χ1n) is 10.2. The molecule has 2 N–H and O–H groups in total. The van der Waals surface area contributed by atoms with Crippen molar-refractivity contribution < 1.29 is 18.7 Å². The number of carbonyl (C=O) groups excluding carboxylic acids is 1. The van der Waals surface area contributed by atoms with Gasteiger partial charge in [-0.15, -0.1) is 0 Å². The minimum absolute atomic E-state index is 0.00210. The van der Waals surface area contributed by atoms with Crippen LogP contribution in [0.15, 0.2) is 47.4 Å². The molecule has 160 valence electrons. The molecular formula is C23H28N2O4S. The third-order valence-corrected chi connectivity index (χ3v) is 7.67. The summed E-state index contributed by atoms with van der Waals surface area (Å²) in [5, 5.41) is 10.1. The van der Waals surface area contributed by atoms with Crippen molar-refractivity contribution in [1.82, 2.24) is 9.80 Å². The topological polar surface area (TPSA) is 81.1 Å². The van der Waals surface area contributed by atoms with Crippen LogP contribution in [0.1, 0.15) is 30.0 Å². The molecule has 0 aromatic heterocycles. The Bertz CT molecular complexity index is 993. The van der Waals surface area contributed by atoms with Crippen molar-refractivity contribution in [3.05, 3.63) is 59.2 Å². The molecule has 2 aromatic rings. The van der Waals surface area contributed by atoms with E-state index in [9.17, 15) is 18.7 Å². The summed E-state index contributed by atoms with van der Waals surface area (Å²) in [6, 6.07) is 12.5. The summed E-state index contributed by atoms with van der Waals surface area (Å²) in [7, 11) is 4.00. The van der Waals surface area contributed by atoms with Crippen molar-refractivity contribution in [3.8, 4) is 5.75 Å². The molecule has 4 rings (SSSR count). The van der Waals surface area contributed by atoms with Crippen LogP contribution in [-0.2, 0) is 34.1 Å². The maximum absolute atomic E-state index is 13.2. The first-order chi connectivity index (χ1) is 14.2. The van der Waals surface area contributed by atoms with Crippen LogP contribution < -0.4 is 0 Å². The van der Waals surface area contributed by atoms with E-state index < -0.39 is 11.1 Å². The summed E-state index contributed by atoms with van der Waals surface area (Å²) in [5.74, 6) is 0.287. The molecule has 2 bridgehead atoms. The number of hydrogen-bond donors (Lipinski definition) is 2. The van der Waals surface area contributed by atoms with Crippen LogP contribution in [0.3, 0.4) is 0 Å². The van der Waals surface area contributed by atoms with Crippen molar-refractivity contribution in [2.45, 2.75) is 48.6 Å². The van der Waals surface area contributed by atoms with Gasteiger partial charge < -0.3 is 19.5 Å². The van der Waals surface area contributed by atoms with Gasteiger partial charge in [0, 0.05) is 18.5 Å². The van der Waals surface area contributed by atoms with Crippen molar-refractivity contribution in [2.75, 3.05) is 20.6 Å². The maximum atomic E-state index is 13.2. The third kappa shape index (κ3) is 3.55. The minimum atomic E-state index is -2.02. The molecule has 4 unspecified atom stereocenters. The number of phenols is 1. The van der Waals surface area contributed by atoms with Gasteiger partial charge in [0.25, 0.3) is 0 Å². The second kappa shape index (κ2) is 7.80. The Kier molecular flexibility index (Phi) is 5.46. The van der Waals surface area contributed by atoms with Crippen LogP contribution in [0.25, 0.3) is 0 Å². The summed E-state index contributed by atoms with van der Waals surface area (Å²) >= 11 is -2.02. The Labute approximate surface area is 179 Å². The van der Waals surface area contributed by atoms with Gasteiger partial charge in [-0.1, -0.05) is 25.1 Å². The van der Waals surface area contributed by atoms with Gasteiger partial charge in [-0.25, -0.2) is 4.21 Å². The Balaban J connectivity index is 1.63. The number of hydrogen-bond acceptors (Lipinski definition) is 4. The van der Waals surface area contributed by atoms with Crippen LogP contribution in [0.5, 0.6) is 5.75 Å². The first kappa shape index (κ1) is 21.0. The number of fused-ring (bicyclic) bond motifs is 4. The molecule has 1 aliphatic carbocycles. The van der Waals surface area contributed by atoms with Gasteiger partial charge >= 0.3 is 0 Å². The summed E-state index contributed by atoms with van der Waals surface area (Å²) in [4.78, 5) is 17.8. The highest BCUT2D eigenvalue weighted by atomic mass is 32.2. The maximum Gasteiger partial charge on any atom is 0.227 e. The second-order valence-electron chi connectivity index (χ2n) is 8.78. The predicted octanol–water partition coefficient (Wildman–Crippen LogP) is 2.56. The normalized spacial score (nSPS) is 26.7. The van der Waals surface area contributed by atoms with Crippen molar-refractivity contribution in [3.63, 3.8) is 0 Å². The zero-order valence-electron chi connectivity index (χ0n) is 17.5. The zero-order chi connectivity index (χ0) is 21.6. The first-order valence-corrected chi connectivity index (χ1v) is 11.3. The fourth-order valence-corrected chi connectivity index (χ4v) is 5.68. The van der Waals surface area contributed by atoms with Crippen molar-refractivity contribution >= 4 is 17.0 Å². The number of aromatic hydroxyl groups is 1. The highest BCUT2D eigenvalue weighted by Crippen LogP contribution is 2.47. The molecule has 30 heavy (non-hydrogen) atoms. The van der Waals surface area contributed by atoms with Gasteiger partial charge in [-0.3, -0.25) is 4.79 Å². The molecule has 1 aliphatic heterocycles.